The monoisotopic (exact) mass is 248 g/mol. The summed E-state index contributed by atoms with van der Waals surface area (Å²) >= 11 is 4.17. The molecular weight excluding hydrogens is 232 g/mol. The van der Waals surface area contributed by atoms with Gasteiger partial charge in [-0.15, -0.1) is 0 Å². The molecule has 0 heterocycles. The maximum atomic E-state index is 11.1. The Morgan fingerprint density at radius 3 is 2.65 bits per heavy atom. The van der Waals surface area contributed by atoms with Crippen LogP contribution in [-0.4, -0.2) is 17.1 Å². The van der Waals surface area contributed by atoms with Crippen LogP contribution in [0.1, 0.15) is 18.9 Å². The van der Waals surface area contributed by atoms with E-state index in [0.717, 1.165) is 5.56 Å². The minimum atomic E-state index is -0.470. The van der Waals surface area contributed by atoms with Crippen molar-refractivity contribution < 1.29 is 4.79 Å². The zero-order valence-corrected chi connectivity index (χ0v) is 10.7. The molecule has 2 atom stereocenters. The number of Topliss-reactive ketones (excluding diaryl/α,β-unsaturated/α-hetero) is 1. The Morgan fingerprint density at radius 2 is 2.12 bits per heavy atom. The summed E-state index contributed by atoms with van der Waals surface area (Å²) in [6, 6.07) is 11.7. The normalized spacial score (nSPS) is 13.7. The van der Waals surface area contributed by atoms with E-state index in [1.54, 1.807) is 0 Å². The third-order valence-electron chi connectivity index (χ3n) is 2.43. The van der Waals surface area contributed by atoms with E-state index in [4.69, 9.17) is 5.26 Å². The van der Waals surface area contributed by atoms with Gasteiger partial charge in [-0.25, -0.2) is 0 Å². The van der Waals surface area contributed by atoms with Crippen LogP contribution in [0.15, 0.2) is 30.3 Å². The lowest BCUT2D eigenvalue weighted by Crippen LogP contribution is -2.37. The number of nitriles is 1. The minimum absolute atomic E-state index is 0.0601. The van der Waals surface area contributed by atoms with Crippen molar-refractivity contribution in [3.63, 3.8) is 0 Å². The highest BCUT2D eigenvalue weighted by atomic mass is 32.1. The smallest absolute Gasteiger partial charge is 0.131 e. The quantitative estimate of drug-likeness (QED) is 0.757. The average molecular weight is 248 g/mol. The van der Waals surface area contributed by atoms with Crippen molar-refractivity contribution in [1.29, 1.82) is 5.26 Å². The number of rotatable bonds is 6. The van der Waals surface area contributed by atoms with Gasteiger partial charge >= 0.3 is 0 Å². The summed E-state index contributed by atoms with van der Waals surface area (Å²) in [6.45, 7) is 2.16. The molecule has 0 saturated heterocycles. The number of benzene rings is 1. The van der Waals surface area contributed by atoms with Crippen LogP contribution in [-0.2, 0) is 11.3 Å². The molecule has 0 aromatic heterocycles. The second kappa shape index (κ2) is 7.10. The summed E-state index contributed by atoms with van der Waals surface area (Å²) in [7, 11) is 0. The number of nitrogens with one attached hydrogen (secondary N) is 1. The number of nitrogens with zero attached hydrogens (tertiary/aromatic N) is 1. The second-order valence-corrected chi connectivity index (χ2v) is 4.51. The molecule has 0 aliphatic rings. The highest BCUT2D eigenvalue weighted by Crippen LogP contribution is 2.08. The van der Waals surface area contributed by atoms with Crippen LogP contribution >= 0.6 is 12.6 Å². The molecule has 17 heavy (non-hydrogen) atoms. The van der Waals surface area contributed by atoms with Gasteiger partial charge in [0.2, 0.25) is 0 Å². The van der Waals surface area contributed by atoms with Crippen molar-refractivity contribution in [2.24, 2.45) is 0 Å². The third-order valence-corrected chi connectivity index (χ3v) is 2.91. The molecule has 0 bridgehead atoms. The first-order valence-corrected chi connectivity index (χ1v) is 5.99. The van der Waals surface area contributed by atoms with E-state index in [2.05, 4.69) is 24.0 Å². The van der Waals surface area contributed by atoms with Crippen LogP contribution in [0.2, 0.25) is 0 Å². The molecule has 0 aliphatic heterocycles. The molecule has 0 radical (unpaired) electrons. The van der Waals surface area contributed by atoms with Crippen molar-refractivity contribution in [3.8, 4) is 6.07 Å². The van der Waals surface area contributed by atoms with Gasteiger partial charge in [-0.1, -0.05) is 30.3 Å². The standard InChI is InChI=1S/C13H16N2OS/c1-10(16)7-12(13(17)8-14)15-9-11-5-3-2-4-6-11/h2-6,12-13,15,17H,7,9H2,1H3/t12?,13-/m0/s1. The van der Waals surface area contributed by atoms with Crippen LogP contribution in [0.4, 0.5) is 0 Å². The molecular formula is C13H16N2OS. The summed E-state index contributed by atoms with van der Waals surface area (Å²) in [5, 5.41) is 11.6. The van der Waals surface area contributed by atoms with Crippen LogP contribution in [0, 0.1) is 11.3 Å². The van der Waals surface area contributed by atoms with Crippen LogP contribution in [0.3, 0.4) is 0 Å². The fourth-order valence-electron chi connectivity index (χ4n) is 1.54. The van der Waals surface area contributed by atoms with Gasteiger partial charge in [-0.05, 0) is 12.5 Å². The largest absolute Gasteiger partial charge is 0.307 e. The lowest BCUT2D eigenvalue weighted by molar-refractivity contribution is -0.117. The van der Waals surface area contributed by atoms with Gasteiger partial charge in [0.25, 0.3) is 0 Å². The van der Waals surface area contributed by atoms with E-state index < -0.39 is 5.25 Å². The van der Waals surface area contributed by atoms with Crippen LogP contribution in [0.25, 0.3) is 0 Å². The van der Waals surface area contributed by atoms with Crippen LogP contribution < -0.4 is 5.32 Å². The molecule has 0 aliphatic carbocycles. The lowest BCUT2D eigenvalue weighted by Gasteiger charge is -2.18. The van der Waals surface area contributed by atoms with E-state index in [1.807, 2.05) is 30.3 Å². The fraction of sp³-hybridized carbons (Fsp3) is 0.385. The molecule has 0 spiro atoms. The molecule has 1 unspecified atom stereocenters. The van der Waals surface area contributed by atoms with Gasteiger partial charge in [0.05, 0.1) is 6.07 Å². The first-order chi connectivity index (χ1) is 8.13. The van der Waals surface area contributed by atoms with Gasteiger partial charge in [-0.3, -0.25) is 4.79 Å². The number of thiol groups is 1. The molecule has 0 amide bonds. The second-order valence-electron chi connectivity index (χ2n) is 3.95. The number of hydrogen-bond donors (Lipinski definition) is 2. The molecule has 0 fully saturated rings. The van der Waals surface area contributed by atoms with Crippen LogP contribution in [0.5, 0.6) is 0 Å². The zero-order chi connectivity index (χ0) is 12.7. The summed E-state index contributed by atoms with van der Waals surface area (Å²) in [5.41, 5.74) is 1.12. The molecule has 1 aromatic carbocycles. The Hall–Kier alpha value is -1.31. The predicted octanol–water partition coefficient (Wildman–Crippen LogP) is 1.95. The number of carbonyl (C=O) groups is 1. The van der Waals surface area contributed by atoms with Crippen molar-refractivity contribution in [2.75, 3.05) is 0 Å². The summed E-state index contributed by atoms with van der Waals surface area (Å²) < 4.78 is 0. The summed E-state index contributed by atoms with van der Waals surface area (Å²) in [5.74, 6) is 0.0601. The Morgan fingerprint density at radius 1 is 1.47 bits per heavy atom. The van der Waals surface area contributed by atoms with Gasteiger partial charge in [-0.2, -0.15) is 17.9 Å². The van der Waals surface area contributed by atoms with Gasteiger partial charge in [0.1, 0.15) is 11.0 Å². The minimum Gasteiger partial charge on any atom is -0.307 e. The number of carbonyl (C=O) groups excluding carboxylic acids is 1. The number of hydrogen-bond acceptors (Lipinski definition) is 4. The SMILES string of the molecule is CC(=O)CC(NCc1ccccc1)[C@@H](S)C#N. The first kappa shape index (κ1) is 13.8. The average Bonchev–Trinajstić information content (AvgIpc) is 2.34. The third kappa shape index (κ3) is 5.03. The molecule has 1 aromatic rings. The topological polar surface area (TPSA) is 52.9 Å². The molecule has 3 nitrogen and oxygen atoms in total. The molecule has 90 valence electrons. The fourth-order valence-corrected chi connectivity index (χ4v) is 1.75. The Labute approximate surface area is 107 Å². The van der Waals surface area contributed by atoms with Gasteiger partial charge in [0, 0.05) is 19.0 Å². The molecule has 0 saturated carbocycles. The maximum Gasteiger partial charge on any atom is 0.131 e. The highest BCUT2D eigenvalue weighted by Gasteiger charge is 2.18. The van der Waals surface area contributed by atoms with Crippen molar-refractivity contribution in [2.45, 2.75) is 31.2 Å². The van der Waals surface area contributed by atoms with E-state index in [0.29, 0.717) is 13.0 Å². The Bertz CT molecular complexity index is 400. The predicted molar refractivity (Wildman–Crippen MR) is 70.8 cm³/mol. The Kier molecular flexibility index (Phi) is 5.75. The highest BCUT2D eigenvalue weighted by molar-refractivity contribution is 7.81. The maximum absolute atomic E-state index is 11.1. The van der Waals surface area contributed by atoms with Gasteiger partial charge in [0.15, 0.2) is 0 Å². The van der Waals surface area contributed by atoms with Crippen molar-refractivity contribution in [3.05, 3.63) is 35.9 Å². The van der Waals surface area contributed by atoms with E-state index in [1.165, 1.54) is 6.92 Å². The zero-order valence-electron chi connectivity index (χ0n) is 9.76. The number of ketones is 1. The van der Waals surface area contributed by atoms with E-state index in [-0.39, 0.29) is 11.8 Å². The van der Waals surface area contributed by atoms with Crippen molar-refractivity contribution in [1.82, 2.24) is 5.32 Å². The Balaban J connectivity index is 2.55. The summed E-state index contributed by atoms with van der Waals surface area (Å²) in [4.78, 5) is 11.1. The first-order valence-electron chi connectivity index (χ1n) is 5.48. The van der Waals surface area contributed by atoms with E-state index >= 15 is 0 Å². The van der Waals surface area contributed by atoms with Crippen molar-refractivity contribution >= 4 is 18.4 Å². The van der Waals surface area contributed by atoms with E-state index in [9.17, 15) is 4.79 Å². The molecule has 1 N–H and O–H groups in total. The molecule has 4 heteroatoms. The molecule has 1 rings (SSSR count). The lowest BCUT2D eigenvalue weighted by atomic mass is 10.1. The van der Waals surface area contributed by atoms with Gasteiger partial charge < -0.3 is 5.32 Å². The summed E-state index contributed by atoms with van der Waals surface area (Å²) in [6.07, 6.45) is 0.328.